The lowest BCUT2D eigenvalue weighted by molar-refractivity contribution is -0.144. The van der Waals surface area contributed by atoms with Crippen molar-refractivity contribution in [2.24, 2.45) is 11.8 Å². The first kappa shape index (κ1) is 45.0. The van der Waals surface area contributed by atoms with Crippen LogP contribution in [0, 0.1) is 11.8 Å². The molecule has 3 N–H and O–H groups in total. The van der Waals surface area contributed by atoms with Crippen LogP contribution in [-0.4, -0.2) is 64.0 Å². The van der Waals surface area contributed by atoms with Crippen molar-refractivity contribution in [3.63, 3.8) is 0 Å². The third-order valence-corrected chi connectivity index (χ3v) is 9.18. The van der Waals surface area contributed by atoms with E-state index in [2.05, 4.69) is 48.7 Å². The summed E-state index contributed by atoms with van der Waals surface area (Å²) in [4.78, 5) is 77.0. The number of aliphatic carboxylic acids is 1. The number of carboxylic acids is 1. The van der Waals surface area contributed by atoms with Crippen molar-refractivity contribution < 1.29 is 38.6 Å². The third-order valence-electron chi connectivity index (χ3n) is 9.18. The molecule has 0 bridgehead atoms. The molecule has 2 aromatic carbocycles. The van der Waals surface area contributed by atoms with Gasteiger partial charge in [0.15, 0.2) is 5.78 Å². The number of benzene rings is 2. The summed E-state index contributed by atoms with van der Waals surface area (Å²) >= 11 is 0. The molecule has 2 aromatic rings. The number of ketones is 3. The van der Waals surface area contributed by atoms with E-state index in [1.54, 1.807) is 6.92 Å². The highest BCUT2D eigenvalue weighted by molar-refractivity contribution is 5.95. The lowest BCUT2D eigenvalue weighted by atomic mass is 9.90. The van der Waals surface area contributed by atoms with Gasteiger partial charge in [0.25, 0.3) is 0 Å². The minimum absolute atomic E-state index is 0.0114. The number of carboxylic acid groups (broad SMARTS) is 1. The number of aryl methyl sites for hydroxylation is 1. The van der Waals surface area contributed by atoms with Gasteiger partial charge in [0.05, 0.1) is 11.7 Å². The highest BCUT2D eigenvalue weighted by Crippen LogP contribution is 2.23. The Morgan fingerprint density at radius 1 is 0.736 bits per heavy atom. The van der Waals surface area contributed by atoms with E-state index in [1.165, 1.54) is 19.4 Å². The minimum Gasteiger partial charge on any atom is -0.480 e. The molecule has 5 atom stereocenters. The number of ether oxygens (including phenoxy) is 1. The quantitative estimate of drug-likeness (QED) is 0.0955. The van der Waals surface area contributed by atoms with Gasteiger partial charge in [-0.2, -0.15) is 0 Å². The first-order chi connectivity index (χ1) is 24.9. The zero-order chi connectivity index (χ0) is 39.7. The van der Waals surface area contributed by atoms with Crippen molar-refractivity contribution in [1.82, 2.24) is 10.6 Å². The first-order valence-corrected chi connectivity index (χ1v) is 19.2. The lowest BCUT2D eigenvalue weighted by Crippen LogP contribution is -2.53. The van der Waals surface area contributed by atoms with Gasteiger partial charge in [-0.05, 0) is 76.1 Å². The van der Waals surface area contributed by atoms with Crippen molar-refractivity contribution in [2.75, 3.05) is 0 Å². The van der Waals surface area contributed by atoms with Crippen molar-refractivity contribution in [2.45, 2.75) is 150 Å². The van der Waals surface area contributed by atoms with Crippen LogP contribution in [0.3, 0.4) is 0 Å². The van der Waals surface area contributed by atoms with Crippen LogP contribution in [0.4, 0.5) is 0 Å². The molecule has 10 heteroatoms. The van der Waals surface area contributed by atoms with Gasteiger partial charge in [-0.3, -0.25) is 24.0 Å². The van der Waals surface area contributed by atoms with E-state index in [-0.39, 0.29) is 31.5 Å². The van der Waals surface area contributed by atoms with E-state index in [9.17, 15) is 33.9 Å². The van der Waals surface area contributed by atoms with Crippen LogP contribution in [0.1, 0.15) is 124 Å². The number of unbranched alkanes of at least 4 members (excludes halogenated alkanes) is 3. The lowest BCUT2D eigenvalue weighted by Gasteiger charge is -2.32. The summed E-state index contributed by atoms with van der Waals surface area (Å²) in [6.45, 7) is 14.1. The Morgan fingerprint density at radius 3 is 1.81 bits per heavy atom. The highest BCUT2D eigenvalue weighted by Gasteiger charge is 2.35. The van der Waals surface area contributed by atoms with Gasteiger partial charge in [0.2, 0.25) is 11.8 Å². The zero-order valence-corrected chi connectivity index (χ0v) is 33.1. The maximum absolute atomic E-state index is 13.9. The van der Waals surface area contributed by atoms with E-state index in [1.807, 2.05) is 45.0 Å². The Morgan fingerprint density at radius 2 is 1.30 bits per heavy atom. The van der Waals surface area contributed by atoms with Crippen molar-refractivity contribution in [1.29, 1.82) is 0 Å². The molecule has 0 aromatic heterocycles. The number of hydrogen-bond acceptors (Lipinski definition) is 7. The molecule has 53 heavy (non-hydrogen) atoms. The van der Waals surface area contributed by atoms with Crippen LogP contribution in [0.25, 0.3) is 11.1 Å². The van der Waals surface area contributed by atoms with Crippen LogP contribution >= 0.6 is 0 Å². The summed E-state index contributed by atoms with van der Waals surface area (Å²) in [6.07, 6.45) is 5.14. The second-order valence-corrected chi connectivity index (χ2v) is 15.4. The molecule has 0 aliphatic carbocycles. The monoisotopic (exact) mass is 734 g/mol. The topological polar surface area (TPSA) is 156 Å². The fraction of sp³-hybridized carbons (Fsp3) is 0.581. The molecule has 292 valence electrons. The van der Waals surface area contributed by atoms with E-state index >= 15 is 0 Å². The number of Topliss-reactive ketones (excluding diaryl/α,β-unsaturated/α-hetero) is 3. The summed E-state index contributed by atoms with van der Waals surface area (Å²) in [7, 11) is 0. The largest absolute Gasteiger partial charge is 0.480 e. The second-order valence-electron chi connectivity index (χ2n) is 15.4. The number of nitrogens with one attached hydrogen (secondary N) is 2. The normalized spacial score (nSPS) is 14.3. The Kier molecular flexibility index (Phi) is 18.8. The van der Waals surface area contributed by atoms with Crippen LogP contribution in [0.5, 0.6) is 0 Å². The maximum atomic E-state index is 13.9. The minimum atomic E-state index is -1.41. The summed E-state index contributed by atoms with van der Waals surface area (Å²) in [5.74, 6) is -5.05. The van der Waals surface area contributed by atoms with Gasteiger partial charge in [0, 0.05) is 37.5 Å². The Hall–Kier alpha value is -4.18. The number of hydrogen-bond donors (Lipinski definition) is 3. The summed E-state index contributed by atoms with van der Waals surface area (Å²) < 4.78 is 6.09. The molecule has 0 unspecified atom stereocenters. The van der Waals surface area contributed by atoms with Gasteiger partial charge >= 0.3 is 5.97 Å². The molecule has 10 nitrogen and oxygen atoms in total. The molecule has 2 amide bonds. The smallest absolute Gasteiger partial charge is 0.326 e. The summed E-state index contributed by atoms with van der Waals surface area (Å²) in [5, 5.41) is 14.6. The average Bonchev–Trinajstić information content (AvgIpc) is 3.08. The van der Waals surface area contributed by atoms with Crippen LogP contribution in [-0.2, 0) is 46.3 Å². The predicted molar refractivity (Wildman–Crippen MR) is 207 cm³/mol. The number of amides is 2. The molecule has 0 fully saturated rings. The summed E-state index contributed by atoms with van der Waals surface area (Å²) in [5.41, 5.74) is 3.69. The van der Waals surface area contributed by atoms with E-state index in [4.69, 9.17) is 4.74 Å². The average molecular weight is 735 g/mol. The van der Waals surface area contributed by atoms with E-state index in [0.717, 1.165) is 55.2 Å². The van der Waals surface area contributed by atoms with Crippen LogP contribution in [0.2, 0.25) is 0 Å². The molecule has 0 aliphatic heterocycles. The molecule has 0 saturated carbocycles. The number of rotatable bonds is 24. The summed E-state index contributed by atoms with van der Waals surface area (Å²) in [6, 6.07) is 13.9. The SMILES string of the molecule is CCCCC[C@H](CC(=O)Cc1ccc(-c2ccc(CCCC)cc2)cc1)C(=O)N[C@H](C(=O)C[C@@H](C)C(=O)N[C@@H](CC(C)=O)C(=O)O)[C@@H](C)OC(C)(C)C. The standard InChI is InChI=1S/C43H62N2O8/c1-9-11-13-15-35(27-36(47)26-32-18-22-34(23-19-32)33-20-16-31(17-21-33)14-12-10-2)41(50)45-39(30(5)53-43(6,7)8)38(48)24-28(3)40(49)44-37(42(51)52)25-29(4)46/h16-23,28,30,35,37,39H,9-15,24-27H2,1-8H3,(H,44,49)(H,45,50)(H,51,52)/t28-,30-,35-,37+,39+/m1/s1. The van der Waals surface area contributed by atoms with Gasteiger partial charge in [-0.25, -0.2) is 4.79 Å². The van der Waals surface area contributed by atoms with Crippen molar-refractivity contribution in [3.8, 4) is 11.1 Å². The van der Waals surface area contributed by atoms with Crippen LogP contribution in [0.15, 0.2) is 48.5 Å². The molecule has 0 heterocycles. The molecular weight excluding hydrogens is 672 g/mol. The Bertz CT molecular complexity index is 1510. The third kappa shape index (κ3) is 16.6. The van der Waals surface area contributed by atoms with Gasteiger partial charge in [-0.15, -0.1) is 0 Å². The molecule has 0 aliphatic rings. The predicted octanol–water partition coefficient (Wildman–Crippen LogP) is 7.23. The number of carbonyl (C=O) groups excluding carboxylic acids is 5. The molecule has 0 saturated heterocycles. The van der Waals surface area contributed by atoms with Gasteiger partial charge in [-0.1, -0.05) is 95.0 Å². The van der Waals surface area contributed by atoms with E-state index in [0.29, 0.717) is 6.42 Å². The van der Waals surface area contributed by atoms with E-state index < -0.39 is 65.0 Å². The number of carbonyl (C=O) groups is 6. The molecule has 0 spiro atoms. The van der Waals surface area contributed by atoms with Gasteiger partial charge in [0.1, 0.15) is 23.7 Å². The zero-order valence-electron chi connectivity index (χ0n) is 33.1. The second kappa shape index (κ2) is 22.1. The first-order valence-electron chi connectivity index (χ1n) is 19.2. The molecule has 2 rings (SSSR count). The maximum Gasteiger partial charge on any atom is 0.326 e. The fourth-order valence-corrected chi connectivity index (χ4v) is 6.28. The van der Waals surface area contributed by atoms with Gasteiger partial charge < -0.3 is 20.5 Å². The molecule has 0 radical (unpaired) electrons. The fourth-order valence-electron chi connectivity index (χ4n) is 6.28. The molecular formula is C43H62N2O8. The van der Waals surface area contributed by atoms with Crippen molar-refractivity contribution in [3.05, 3.63) is 59.7 Å². The Labute approximate surface area is 316 Å². The Balaban J connectivity index is 2.19. The highest BCUT2D eigenvalue weighted by atomic mass is 16.5. The van der Waals surface area contributed by atoms with Crippen LogP contribution < -0.4 is 10.6 Å². The van der Waals surface area contributed by atoms with Crippen molar-refractivity contribution >= 4 is 35.1 Å².